The van der Waals surface area contributed by atoms with E-state index in [0.717, 1.165) is 29.4 Å². The van der Waals surface area contributed by atoms with Gasteiger partial charge in [0.25, 0.3) is 0 Å². The van der Waals surface area contributed by atoms with Crippen LogP contribution in [0.4, 0.5) is 18.0 Å². The number of nitrogens with one attached hydrogen (secondary N) is 2. The Morgan fingerprint density at radius 3 is 2.60 bits per heavy atom. The van der Waals surface area contributed by atoms with Crippen molar-refractivity contribution in [3.05, 3.63) is 53.1 Å². The number of halogens is 3. The van der Waals surface area contributed by atoms with Crippen molar-refractivity contribution in [2.45, 2.75) is 56.8 Å². The molecule has 2 aromatic rings. The molecular weight excluding hydrogens is 397 g/mol. The van der Waals surface area contributed by atoms with Gasteiger partial charge in [0.15, 0.2) is 0 Å². The van der Waals surface area contributed by atoms with Gasteiger partial charge in [-0.3, -0.25) is 0 Å². The lowest BCUT2D eigenvalue weighted by Crippen LogP contribution is -2.47. The first-order valence-corrected chi connectivity index (χ1v) is 10.0. The van der Waals surface area contributed by atoms with Gasteiger partial charge < -0.3 is 20.3 Å². The van der Waals surface area contributed by atoms with Crippen LogP contribution < -0.4 is 10.6 Å². The second-order valence-corrected chi connectivity index (χ2v) is 7.83. The summed E-state index contributed by atoms with van der Waals surface area (Å²) in [7, 11) is 1.37. The maximum atomic E-state index is 13.5. The lowest BCUT2D eigenvalue weighted by Gasteiger charge is -2.30. The number of hydrogen-bond acceptors (Lipinski definition) is 3. The van der Waals surface area contributed by atoms with Crippen molar-refractivity contribution in [3.8, 4) is 0 Å². The van der Waals surface area contributed by atoms with Crippen LogP contribution in [0.1, 0.15) is 54.7 Å². The molecule has 0 bridgehead atoms. The third-order valence-electron chi connectivity index (χ3n) is 5.65. The monoisotopic (exact) mass is 424 g/mol. The molecule has 1 aromatic carbocycles. The summed E-state index contributed by atoms with van der Waals surface area (Å²) >= 11 is 0. The van der Waals surface area contributed by atoms with Gasteiger partial charge in [-0.25, -0.2) is 9.78 Å². The Hall–Kier alpha value is -2.55. The minimum atomic E-state index is -4.93. The minimum Gasteiger partial charge on any atom is -0.374 e. The summed E-state index contributed by atoms with van der Waals surface area (Å²) in [6.07, 6.45) is 1.25. The number of alkyl halides is 3. The molecule has 2 amide bonds. The number of carbonyl (C=O) groups excluding carboxylic acids is 1. The Morgan fingerprint density at radius 1 is 1.27 bits per heavy atom. The Kier molecular flexibility index (Phi) is 6.40. The highest BCUT2D eigenvalue weighted by Crippen LogP contribution is 2.40. The molecule has 0 aliphatic heterocycles. The van der Waals surface area contributed by atoms with Crippen molar-refractivity contribution >= 4 is 6.03 Å². The van der Waals surface area contributed by atoms with Crippen LogP contribution in [0.25, 0.3) is 0 Å². The van der Waals surface area contributed by atoms with E-state index < -0.39 is 30.1 Å². The Bertz CT molecular complexity index is 897. The van der Waals surface area contributed by atoms with Gasteiger partial charge in [0.1, 0.15) is 5.82 Å². The normalized spacial score (nSPS) is 17.0. The highest BCUT2D eigenvalue weighted by atomic mass is 19.4. The van der Waals surface area contributed by atoms with Crippen LogP contribution in [0.3, 0.4) is 0 Å². The zero-order chi connectivity index (χ0) is 21.9. The van der Waals surface area contributed by atoms with Gasteiger partial charge >= 0.3 is 12.2 Å². The van der Waals surface area contributed by atoms with Crippen LogP contribution in [0, 0.1) is 0 Å². The van der Waals surface area contributed by atoms with Gasteiger partial charge in [-0.05, 0) is 49.3 Å². The van der Waals surface area contributed by atoms with E-state index in [9.17, 15) is 23.1 Å². The molecule has 0 fully saturated rings. The molecule has 0 spiro atoms. The van der Waals surface area contributed by atoms with Gasteiger partial charge in [0.2, 0.25) is 5.60 Å². The first-order chi connectivity index (χ1) is 14.1. The number of aliphatic hydroxyl groups is 1. The number of aromatic nitrogens is 2. The fourth-order valence-corrected chi connectivity index (χ4v) is 3.86. The highest BCUT2D eigenvalue weighted by molar-refractivity contribution is 5.74. The number of nitrogens with zero attached hydrogens (tertiary/aromatic N) is 2. The number of imidazole rings is 1. The predicted molar refractivity (Wildman–Crippen MR) is 106 cm³/mol. The zero-order valence-electron chi connectivity index (χ0n) is 17.1. The molecule has 0 saturated carbocycles. The summed E-state index contributed by atoms with van der Waals surface area (Å²) in [5.74, 6) is -0.514. The largest absolute Gasteiger partial charge is 0.424 e. The molecule has 6 nitrogen and oxygen atoms in total. The van der Waals surface area contributed by atoms with Crippen LogP contribution >= 0.6 is 0 Å². The van der Waals surface area contributed by atoms with E-state index in [1.54, 1.807) is 0 Å². The number of fused-ring (bicyclic) bond motifs is 1. The summed E-state index contributed by atoms with van der Waals surface area (Å²) in [5, 5.41) is 15.4. The first kappa shape index (κ1) is 22.1. The Morgan fingerprint density at radius 2 is 1.97 bits per heavy atom. The fourth-order valence-electron chi connectivity index (χ4n) is 3.86. The van der Waals surface area contributed by atoms with Gasteiger partial charge in [0, 0.05) is 32.4 Å². The molecule has 0 radical (unpaired) electrons. The maximum Gasteiger partial charge on any atom is 0.424 e. The minimum absolute atomic E-state index is 0.298. The topological polar surface area (TPSA) is 79.2 Å². The fraction of sp³-hybridized carbons (Fsp3) is 0.524. The average molecular weight is 424 g/mol. The molecule has 1 aromatic heterocycles. The molecule has 1 heterocycles. The third-order valence-corrected chi connectivity index (χ3v) is 5.65. The summed E-state index contributed by atoms with van der Waals surface area (Å²) in [6.45, 7) is 1.45. The van der Waals surface area contributed by atoms with E-state index in [0.29, 0.717) is 0 Å². The van der Waals surface area contributed by atoms with E-state index in [4.69, 9.17) is 0 Å². The third kappa shape index (κ3) is 4.61. The van der Waals surface area contributed by atoms with E-state index in [1.165, 1.54) is 37.0 Å². The van der Waals surface area contributed by atoms with Crippen LogP contribution in [0.2, 0.25) is 0 Å². The summed E-state index contributed by atoms with van der Waals surface area (Å²) in [5.41, 5.74) is 0.425. The predicted octanol–water partition coefficient (Wildman–Crippen LogP) is 3.50. The van der Waals surface area contributed by atoms with Gasteiger partial charge in [-0.1, -0.05) is 18.2 Å². The Balaban J connectivity index is 1.58. The van der Waals surface area contributed by atoms with Gasteiger partial charge in [-0.2, -0.15) is 13.2 Å². The number of amides is 2. The number of benzene rings is 1. The number of hydrogen-bond donors (Lipinski definition) is 3. The summed E-state index contributed by atoms with van der Waals surface area (Å²) < 4.78 is 41.6. The standard InChI is InChI=1S/C21H27F3N4O2/c1-14(16-8-7-15-5-3-4-6-17(15)13-16)27-19(29)26-10-9-20(30,21(22,23)24)18-25-11-12-28(18)2/h7-8,11-14,30H,3-6,9-10H2,1-2H3,(H2,26,27,29). The lowest BCUT2D eigenvalue weighted by atomic mass is 9.89. The molecule has 1 aliphatic rings. The van der Waals surface area contributed by atoms with Crippen LogP contribution in [0.15, 0.2) is 30.6 Å². The van der Waals surface area contributed by atoms with Gasteiger partial charge in [0.05, 0.1) is 6.04 Å². The molecule has 2 atom stereocenters. The van der Waals surface area contributed by atoms with Gasteiger partial charge in [-0.15, -0.1) is 0 Å². The van der Waals surface area contributed by atoms with Crippen molar-refractivity contribution in [1.82, 2.24) is 20.2 Å². The molecule has 3 rings (SSSR count). The van der Waals surface area contributed by atoms with Crippen molar-refractivity contribution < 1.29 is 23.1 Å². The SMILES string of the molecule is CC(NC(=O)NCCC(O)(c1nccn1C)C(F)(F)F)c1ccc2c(c1)CCCC2. The molecule has 1 aliphatic carbocycles. The molecule has 9 heteroatoms. The molecule has 30 heavy (non-hydrogen) atoms. The van der Waals surface area contributed by atoms with Crippen LogP contribution in [0.5, 0.6) is 0 Å². The zero-order valence-corrected chi connectivity index (χ0v) is 17.1. The second kappa shape index (κ2) is 8.67. The first-order valence-electron chi connectivity index (χ1n) is 10.0. The molecule has 164 valence electrons. The van der Waals surface area contributed by atoms with Crippen molar-refractivity contribution in [3.63, 3.8) is 0 Å². The Labute approximate surface area is 173 Å². The lowest BCUT2D eigenvalue weighted by molar-refractivity contribution is -0.272. The van der Waals surface area contributed by atoms with Crippen LogP contribution in [-0.4, -0.2) is 33.4 Å². The highest BCUT2D eigenvalue weighted by Gasteiger charge is 2.57. The van der Waals surface area contributed by atoms with E-state index in [2.05, 4.69) is 27.8 Å². The van der Waals surface area contributed by atoms with E-state index in [1.807, 2.05) is 13.0 Å². The summed E-state index contributed by atoms with van der Waals surface area (Å²) in [4.78, 5) is 15.8. The van der Waals surface area contributed by atoms with Crippen LogP contribution in [-0.2, 0) is 25.5 Å². The van der Waals surface area contributed by atoms with Crippen molar-refractivity contribution in [2.75, 3.05) is 6.54 Å². The molecule has 2 unspecified atom stereocenters. The molecule has 3 N–H and O–H groups in total. The van der Waals surface area contributed by atoms with E-state index >= 15 is 0 Å². The van der Waals surface area contributed by atoms with Crippen molar-refractivity contribution in [2.24, 2.45) is 7.05 Å². The number of carbonyl (C=O) groups is 1. The number of urea groups is 1. The number of aryl methyl sites for hydroxylation is 3. The number of rotatable bonds is 6. The molecular formula is C21H27F3N4O2. The second-order valence-electron chi connectivity index (χ2n) is 7.83. The van der Waals surface area contributed by atoms with E-state index in [-0.39, 0.29) is 12.6 Å². The average Bonchev–Trinajstić information content (AvgIpc) is 3.13. The molecule has 0 saturated heterocycles. The smallest absolute Gasteiger partial charge is 0.374 e. The maximum absolute atomic E-state index is 13.5. The summed E-state index contributed by atoms with van der Waals surface area (Å²) in [6, 6.07) is 5.25. The quantitative estimate of drug-likeness (QED) is 0.664. The van der Waals surface area contributed by atoms with Crippen molar-refractivity contribution in [1.29, 1.82) is 0 Å².